The maximum absolute atomic E-state index is 13.1. The van der Waals surface area contributed by atoms with Crippen molar-refractivity contribution in [3.63, 3.8) is 0 Å². The van der Waals surface area contributed by atoms with Gasteiger partial charge in [0.1, 0.15) is 6.04 Å². The fourth-order valence-corrected chi connectivity index (χ4v) is 4.09. The number of piperazine rings is 1. The molecule has 1 unspecified atom stereocenters. The summed E-state index contributed by atoms with van der Waals surface area (Å²) in [6.45, 7) is 12.2. The third-order valence-corrected chi connectivity index (χ3v) is 6.18. The van der Waals surface area contributed by atoms with Crippen molar-refractivity contribution in [2.75, 3.05) is 46.3 Å². The van der Waals surface area contributed by atoms with Gasteiger partial charge in [-0.05, 0) is 36.8 Å². The van der Waals surface area contributed by atoms with Gasteiger partial charge in [0.15, 0.2) is 0 Å². The molecule has 1 fully saturated rings. The van der Waals surface area contributed by atoms with Crippen LogP contribution in [0, 0.1) is 0 Å². The first kappa shape index (κ1) is 22.5. The van der Waals surface area contributed by atoms with Gasteiger partial charge in [0, 0.05) is 39.3 Å². The fourth-order valence-electron chi connectivity index (χ4n) is 4.09. The van der Waals surface area contributed by atoms with Crippen molar-refractivity contribution in [1.82, 2.24) is 20.0 Å². The molecule has 2 aromatic rings. The lowest BCUT2D eigenvalue weighted by molar-refractivity contribution is -0.126. The molecule has 0 bridgehead atoms. The second kappa shape index (κ2) is 11.3. The van der Waals surface area contributed by atoms with E-state index < -0.39 is 0 Å². The fraction of sp³-hybridized carbons (Fsp3) is 0.480. The maximum Gasteiger partial charge on any atom is 0.242 e. The molecule has 1 aliphatic heterocycles. The minimum absolute atomic E-state index is 0.0527. The second-order valence-corrected chi connectivity index (χ2v) is 8.08. The average Bonchev–Trinajstić information content (AvgIpc) is 2.79. The highest BCUT2D eigenvalue weighted by molar-refractivity contribution is 5.83. The molecule has 0 aliphatic carbocycles. The SMILES string of the molecule is CCN1CCN(Cc2ccccc2CNC(=O)C(c2ccccc2)N(C)CC)CC1. The zero-order valence-corrected chi connectivity index (χ0v) is 18.7. The Balaban J connectivity index is 1.64. The molecule has 2 aromatic carbocycles. The summed E-state index contributed by atoms with van der Waals surface area (Å²) in [5, 5.41) is 3.20. The highest BCUT2D eigenvalue weighted by Crippen LogP contribution is 2.20. The summed E-state index contributed by atoms with van der Waals surface area (Å²) in [6.07, 6.45) is 0. The van der Waals surface area contributed by atoms with Crippen LogP contribution in [-0.4, -0.2) is 66.9 Å². The Morgan fingerprint density at radius 1 is 0.933 bits per heavy atom. The molecule has 1 atom stereocenters. The molecule has 30 heavy (non-hydrogen) atoms. The summed E-state index contributed by atoms with van der Waals surface area (Å²) in [7, 11) is 2.00. The van der Waals surface area contributed by atoms with Crippen LogP contribution in [0.2, 0.25) is 0 Å². The number of nitrogens with zero attached hydrogens (tertiary/aromatic N) is 3. The van der Waals surface area contributed by atoms with Crippen LogP contribution >= 0.6 is 0 Å². The molecule has 162 valence electrons. The van der Waals surface area contributed by atoms with Crippen molar-refractivity contribution >= 4 is 5.91 Å². The molecule has 5 heteroatoms. The molecule has 5 nitrogen and oxygen atoms in total. The van der Waals surface area contributed by atoms with Crippen LogP contribution in [0.4, 0.5) is 0 Å². The zero-order valence-electron chi connectivity index (χ0n) is 18.7. The Hall–Kier alpha value is -2.21. The summed E-state index contributed by atoms with van der Waals surface area (Å²) < 4.78 is 0. The number of carbonyl (C=O) groups excluding carboxylic acids is 1. The number of rotatable bonds is 9. The van der Waals surface area contributed by atoms with Gasteiger partial charge >= 0.3 is 0 Å². The standard InChI is InChI=1S/C25H36N4O/c1-4-27(3)24(21-11-7-6-8-12-21)25(30)26-19-22-13-9-10-14-23(22)20-29-17-15-28(5-2)16-18-29/h6-14,24H,4-5,15-20H2,1-3H3,(H,26,30). The Bertz CT molecular complexity index is 787. The van der Waals surface area contributed by atoms with Crippen molar-refractivity contribution in [1.29, 1.82) is 0 Å². The van der Waals surface area contributed by atoms with Crippen LogP contribution in [0.15, 0.2) is 54.6 Å². The topological polar surface area (TPSA) is 38.8 Å². The lowest BCUT2D eigenvalue weighted by atomic mass is 10.0. The van der Waals surface area contributed by atoms with Gasteiger partial charge < -0.3 is 10.2 Å². The van der Waals surface area contributed by atoms with Gasteiger partial charge in [-0.1, -0.05) is 68.4 Å². The number of nitrogens with one attached hydrogen (secondary N) is 1. The molecule has 0 aromatic heterocycles. The largest absolute Gasteiger partial charge is 0.350 e. The highest BCUT2D eigenvalue weighted by Gasteiger charge is 2.24. The van der Waals surface area contributed by atoms with E-state index in [4.69, 9.17) is 0 Å². The van der Waals surface area contributed by atoms with Gasteiger partial charge in [-0.25, -0.2) is 0 Å². The van der Waals surface area contributed by atoms with Crippen LogP contribution in [0.3, 0.4) is 0 Å². The number of benzene rings is 2. The monoisotopic (exact) mass is 408 g/mol. The Kier molecular flexibility index (Phi) is 8.43. The number of amides is 1. The lowest BCUT2D eigenvalue weighted by Gasteiger charge is -2.34. The van der Waals surface area contributed by atoms with Gasteiger partial charge in [0.2, 0.25) is 5.91 Å². The smallest absolute Gasteiger partial charge is 0.242 e. The summed E-state index contributed by atoms with van der Waals surface area (Å²) in [4.78, 5) is 20.2. The van der Waals surface area contributed by atoms with E-state index in [0.29, 0.717) is 6.54 Å². The van der Waals surface area contributed by atoms with Crippen LogP contribution in [0.25, 0.3) is 0 Å². The molecule has 0 saturated carbocycles. The molecule has 3 rings (SSSR count). The quantitative estimate of drug-likeness (QED) is 0.692. The van der Waals surface area contributed by atoms with Gasteiger partial charge in [-0.15, -0.1) is 0 Å². The van der Waals surface area contributed by atoms with E-state index in [0.717, 1.165) is 51.4 Å². The minimum Gasteiger partial charge on any atom is -0.350 e. The molecule has 1 heterocycles. The molecule has 1 saturated heterocycles. The first-order valence-corrected chi connectivity index (χ1v) is 11.2. The Morgan fingerprint density at radius 2 is 1.53 bits per heavy atom. The number of hydrogen-bond acceptors (Lipinski definition) is 4. The van der Waals surface area contributed by atoms with E-state index in [2.05, 4.69) is 58.1 Å². The van der Waals surface area contributed by atoms with Crippen LogP contribution < -0.4 is 5.32 Å². The number of likely N-dealkylation sites (N-methyl/N-ethyl adjacent to an activating group) is 2. The van der Waals surface area contributed by atoms with Crippen LogP contribution in [0.1, 0.15) is 36.6 Å². The van der Waals surface area contributed by atoms with Gasteiger partial charge in [-0.2, -0.15) is 0 Å². The van der Waals surface area contributed by atoms with Crippen molar-refractivity contribution in [2.24, 2.45) is 0 Å². The molecule has 0 radical (unpaired) electrons. The zero-order chi connectivity index (χ0) is 21.3. The van der Waals surface area contributed by atoms with Crippen molar-refractivity contribution in [2.45, 2.75) is 33.0 Å². The predicted molar refractivity (Wildman–Crippen MR) is 123 cm³/mol. The third-order valence-electron chi connectivity index (χ3n) is 6.18. The lowest BCUT2D eigenvalue weighted by Crippen LogP contribution is -2.45. The second-order valence-electron chi connectivity index (χ2n) is 8.08. The maximum atomic E-state index is 13.1. The molecule has 1 amide bonds. The highest BCUT2D eigenvalue weighted by atomic mass is 16.2. The Labute approximate surface area is 181 Å². The minimum atomic E-state index is -0.273. The summed E-state index contributed by atoms with van der Waals surface area (Å²) >= 11 is 0. The summed E-state index contributed by atoms with van der Waals surface area (Å²) in [6, 6.07) is 18.2. The molecule has 1 aliphatic rings. The van der Waals surface area contributed by atoms with Crippen molar-refractivity contribution in [3.05, 3.63) is 71.3 Å². The normalized spacial score (nSPS) is 16.5. The van der Waals surface area contributed by atoms with Gasteiger partial charge in [0.05, 0.1) is 0 Å². The van der Waals surface area contributed by atoms with Crippen LogP contribution in [-0.2, 0) is 17.9 Å². The van der Waals surface area contributed by atoms with Gasteiger partial charge in [0.25, 0.3) is 0 Å². The van der Waals surface area contributed by atoms with Crippen LogP contribution in [0.5, 0.6) is 0 Å². The van der Waals surface area contributed by atoms with E-state index in [-0.39, 0.29) is 11.9 Å². The van der Waals surface area contributed by atoms with E-state index in [9.17, 15) is 4.79 Å². The summed E-state index contributed by atoms with van der Waals surface area (Å²) in [5.41, 5.74) is 3.54. The summed E-state index contributed by atoms with van der Waals surface area (Å²) in [5.74, 6) is 0.0527. The molecule has 0 spiro atoms. The van der Waals surface area contributed by atoms with Gasteiger partial charge in [-0.3, -0.25) is 14.6 Å². The van der Waals surface area contributed by atoms with E-state index in [1.165, 1.54) is 11.1 Å². The van der Waals surface area contributed by atoms with Crippen molar-refractivity contribution in [3.8, 4) is 0 Å². The number of hydrogen-bond donors (Lipinski definition) is 1. The molecular formula is C25H36N4O. The third kappa shape index (κ3) is 5.91. The van der Waals surface area contributed by atoms with E-state index in [1.807, 2.05) is 37.4 Å². The molecular weight excluding hydrogens is 372 g/mol. The molecule has 1 N–H and O–H groups in total. The van der Waals surface area contributed by atoms with E-state index >= 15 is 0 Å². The number of carbonyl (C=O) groups is 1. The predicted octanol–water partition coefficient (Wildman–Crippen LogP) is 3.13. The first-order chi connectivity index (χ1) is 14.6. The first-order valence-electron chi connectivity index (χ1n) is 11.2. The van der Waals surface area contributed by atoms with E-state index in [1.54, 1.807) is 0 Å². The van der Waals surface area contributed by atoms with Crippen molar-refractivity contribution < 1.29 is 4.79 Å². The Morgan fingerprint density at radius 3 is 2.17 bits per heavy atom. The average molecular weight is 409 g/mol.